The molecule has 0 bridgehead atoms. The van der Waals surface area contributed by atoms with E-state index >= 15 is 0 Å². The summed E-state index contributed by atoms with van der Waals surface area (Å²) in [6.45, 7) is 2.10. The molecule has 6 heteroatoms. The Labute approximate surface area is 220 Å². The van der Waals surface area contributed by atoms with Gasteiger partial charge in [-0.2, -0.15) is 0 Å². The average Bonchev–Trinajstić information content (AvgIpc) is 2.68. The van der Waals surface area contributed by atoms with Gasteiger partial charge in [-0.3, -0.25) is 0 Å². The van der Waals surface area contributed by atoms with E-state index in [4.69, 9.17) is 0 Å². The fourth-order valence-electron chi connectivity index (χ4n) is 3.14. The molecule has 0 saturated carbocycles. The van der Waals surface area contributed by atoms with Crippen LogP contribution in [0.15, 0.2) is 88.7 Å². The van der Waals surface area contributed by atoms with E-state index < -0.39 is 10.1 Å². The Morgan fingerprint density at radius 2 is 1.62 bits per heavy atom. The fourth-order valence-corrected chi connectivity index (χ4v) is 4.80. The quantitative estimate of drug-likeness (QED) is 0.300. The summed E-state index contributed by atoms with van der Waals surface area (Å²) in [6, 6.07) is 25.3. The van der Waals surface area contributed by atoms with Gasteiger partial charge in [0.05, 0.1) is 4.90 Å². The number of hydrogen-bond donors (Lipinski definition) is 0. The van der Waals surface area contributed by atoms with Gasteiger partial charge in [0.2, 0.25) is 0 Å². The van der Waals surface area contributed by atoms with Crippen LogP contribution in [0.3, 0.4) is 0 Å². The molecule has 0 N–H and O–H groups in total. The van der Waals surface area contributed by atoms with E-state index in [2.05, 4.69) is 55.5 Å². The molecule has 1 atom stereocenters. The van der Waals surface area contributed by atoms with Crippen molar-refractivity contribution >= 4 is 21.9 Å². The largest absolute Gasteiger partial charge is 1.00 e. The summed E-state index contributed by atoms with van der Waals surface area (Å²) in [5, 5.41) is 0. The van der Waals surface area contributed by atoms with Crippen molar-refractivity contribution in [1.29, 1.82) is 0 Å². The first kappa shape index (κ1) is 24.8. The second-order valence-corrected chi connectivity index (χ2v) is 9.34. The molecule has 0 aliphatic carbocycles. The second kappa shape index (κ2) is 11.8. The Bertz CT molecular complexity index is 1000. The molecule has 3 rings (SSSR count). The summed E-state index contributed by atoms with van der Waals surface area (Å²) >= 11 is 1.86. The Kier molecular flexibility index (Phi) is 10.1. The van der Waals surface area contributed by atoms with Crippen LogP contribution in [0, 0.1) is 6.92 Å². The summed E-state index contributed by atoms with van der Waals surface area (Å²) in [5.41, 5.74) is 3.60. The van der Waals surface area contributed by atoms with E-state index in [1.165, 1.54) is 28.2 Å². The topological polar surface area (TPSA) is 57.2 Å². The molecule has 0 saturated heterocycles. The molecule has 0 fully saturated rings. The molecule has 0 aromatic heterocycles. The third-order valence-corrected chi connectivity index (χ3v) is 6.71. The van der Waals surface area contributed by atoms with Gasteiger partial charge in [0.25, 0.3) is 0 Å². The molecule has 0 radical (unpaired) electrons. The Morgan fingerprint density at radius 1 is 0.931 bits per heavy atom. The average molecular weight is 451 g/mol. The standard InChI is InChI=1S/C23H24O3S2.K/c1-18-6-5-9-22(16-18)27-17-21(20-7-3-2-4-8-20)13-10-19-11-14-23(15-12-19)28(24,25)26;/h2-9,11-12,14-16,21H,10,13,17H2,1H3,(H,24,25,26);/q;+1/p-1. The maximum absolute atomic E-state index is 11.1. The maximum Gasteiger partial charge on any atom is 1.00 e. The summed E-state index contributed by atoms with van der Waals surface area (Å²) < 4.78 is 33.2. The third kappa shape index (κ3) is 7.96. The van der Waals surface area contributed by atoms with E-state index in [-0.39, 0.29) is 56.3 Å². The molecule has 0 aliphatic rings. The number of hydrogen-bond acceptors (Lipinski definition) is 4. The van der Waals surface area contributed by atoms with Crippen LogP contribution >= 0.6 is 11.8 Å². The van der Waals surface area contributed by atoms with Gasteiger partial charge in [-0.05, 0) is 61.1 Å². The van der Waals surface area contributed by atoms with Gasteiger partial charge >= 0.3 is 51.4 Å². The molecule has 0 aliphatic heterocycles. The first-order chi connectivity index (χ1) is 13.4. The van der Waals surface area contributed by atoms with Gasteiger partial charge in [-0.25, -0.2) is 8.42 Å². The zero-order valence-corrected chi connectivity index (χ0v) is 21.5. The zero-order chi connectivity index (χ0) is 20.0. The molecule has 0 amide bonds. The Morgan fingerprint density at radius 3 is 2.24 bits per heavy atom. The van der Waals surface area contributed by atoms with Crippen molar-refractivity contribution in [1.82, 2.24) is 0 Å². The van der Waals surface area contributed by atoms with Crippen molar-refractivity contribution in [2.24, 2.45) is 0 Å². The molecule has 3 nitrogen and oxygen atoms in total. The van der Waals surface area contributed by atoms with Crippen molar-refractivity contribution in [3.8, 4) is 0 Å². The van der Waals surface area contributed by atoms with Crippen LogP contribution in [0.2, 0.25) is 0 Å². The van der Waals surface area contributed by atoms with Crippen LogP contribution in [0.4, 0.5) is 0 Å². The first-order valence-electron chi connectivity index (χ1n) is 9.21. The van der Waals surface area contributed by atoms with Crippen molar-refractivity contribution in [2.45, 2.75) is 35.5 Å². The summed E-state index contributed by atoms with van der Waals surface area (Å²) in [4.78, 5) is 1.09. The molecule has 146 valence electrons. The maximum atomic E-state index is 11.1. The van der Waals surface area contributed by atoms with Gasteiger partial charge in [-0.15, -0.1) is 11.8 Å². The number of rotatable bonds is 8. The number of aryl methyl sites for hydroxylation is 2. The van der Waals surface area contributed by atoms with E-state index in [9.17, 15) is 13.0 Å². The molecule has 3 aromatic carbocycles. The minimum absolute atomic E-state index is 0. The molecule has 0 spiro atoms. The van der Waals surface area contributed by atoms with Crippen LogP contribution in [0.1, 0.15) is 29.0 Å². The van der Waals surface area contributed by atoms with Gasteiger partial charge < -0.3 is 4.55 Å². The van der Waals surface area contributed by atoms with Crippen LogP contribution < -0.4 is 51.4 Å². The summed E-state index contributed by atoms with van der Waals surface area (Å²) in [5.74, 6) is 1.36. The van der Waals surface area contributed by atoms with Gasteiger partial charge in [0, 0.05) is 10.6 Å². The van der Waals surface area contributed by atoms with E-state index in [1.807, 2.05) is 17.8 Å². The molecular formula is C23H23KO3S2. The van der Waals surface area contributed by atoms with Crippen molar-refractivity contribution in [3.63, 3.8) is 0 Å². The normalized spacial score (nSPS) is 12.2. The van der Waals surface area contributed by atoms with Gasteiger partial charge in [0.1, 0.15) is 10.1 Å². The smallest absolute Gasteiger partial charge is 0.744 e. The first-order valence-corrected chi connectivity index (χ1v) is 11.6. The van der Waals surface area contributed by atoms with Crippen LogP contribution in [-0.2, 0) is 16.5 Å². The fraction of sp³-hybridized carbons (Fsp3) is 0.217. The van der Waals surface area contributed by atoms with Gasteiger partial charge in [-0.1, -0.05) is 60.2 Å². The van der Waals surface area contributed by atoms with E-state index in [0.29, 0.717) is 5.92 Å². The van der Waals surface area contributed by atoms with Crippen LogP contribution in [0.5, 0.6) is 0 Å². The Balaban J connectivity index is 0.00000300. The summed E-state index contributed by atoms with van der Waals surface area (Å²) in [6.07, 6.45) is 1.78. The van der Waals surface area contributed by atoms with Crippen LogP contribution in [0.25, 0.3) is 0 Å². The predicted molar refractivity (Wildman–Crippen MR) is 114 cm³/mol. The van der Waals surface area contributed by atoms with Crippen molar-refractivity contribution in [3.05, 3.63) is 95.6 Å². The van der Waals surface area contributed by atoms with Crippen molar-refractivity contribution < 1.29 is 64.4 Å². The summed E-state index contributed by atoms with van der Waals surface area (Å²) in [7, 11) is -4.39. The minimum atomic E-state index is -4.39. The molecule has 3 aromatic rings. The molecule has 0 heterocycles. The van der Waals surface area contributed by atoms with E-state index in [1.54, 1.807) is 12.1 Å². The second-order valence-electron chi connectivity index (χ2n) is 6.87. The minimum Gasteiger partial charge on any atom is -0.744 e. The van der Waals surface area contributed by atoms with Crippen LogP contribution in [-0.4, -0.2) is 18.7 Å². The third-order valence-electron chi connectivity index (χ3n) is 4.71. The zero-order valence-electron chi connectivity index (χ0n) is 16.7. The monoisotopic (exact) mass is 450 g/mol. The SMILES string of the molecule is Cc1cccc(SCC(CCc2ccc(S(=O)(=O)[O-])cc2)c2ccccc2)c1.[K+]. The number of benzene rings is 3. The van der Waals surface area contributed by atoms with E-state index in [0.717, 1.165) is 24.2 Å². The molecule has 29 heavy (non-hydrogen) atoms. The number of thioether (sulfide) groups is 1. The molecule has 1 unspecified atom stereocenters. The van der Waals surface area contributed by atoms with Gasteiger partial charge in [0.15, 0.2) is 0 Å². The predicted octanol–water partition coefficient (Wildman–Crippen LogP) is 2.41. The Hall–Kier alpha value is -0.444. The van der Waals surface area contributed by atoms with Crippen molar-refractivity contribution in [2.75, 3.05) is 5.75 Å². The molecular weight excluding hydrogens is 427 g/mol.